The highest BCUT2D eigenvalue weighted by Gasteiger charge is 2.56. The molecule has 0 unspecified atom stereocenters. The molecule has 1 aliphatic carbocycles. The van der Waals surface area contributed by atoms with Crippen molar-refractivity contribution in [3.63, 3.8) is 0 Å². The first kappa shape index (κ1) is 60.0. The van der Waals surface area contributed by atoms with Gasteiger partial charge in [0.1, 0.15) is 77.4 Å². The van der Waals surface area contributed by atoms with Crippen LogP contribution in [-0.4, -0.2) is 105 Å². The summed E-state index contributed by atoms with van der Waals surface area (Å²) < 4.78 is 75.6. The third-order valence-electron chi connectivity index (χ3n) is 13.9. The number of ether oxygens (including phenoxy) is 11. The standard InChI is InChI=1S/C60H57Cl7N4O11/c61-32-4-16-39(17-5-32)72-31-49-53(78-45-3-1-2-38(67)28-45)50(71)55(74-41-20-8-34(63)9-21-41)59(80-49)81-51-46(69)29-47(70)52(56(51)75-42-22-10-35(64)11-23-42)82-60-58(77-44-26-14-37(66)15-27-44)57(76-43-24-12-36(65)13-25-43)54(48(30-68)79-60)73-40-18-6-33(62)7-19-40/h1-28,46-60H,29-31,68-71H2/t46-,47+,48+,49-,50+,51+,52-,53-,54+,55-,56-,57-,58+,59-,60+/m1/s1. The van der Waals surface area contributed by atoms with E-state index in [1.165, 1.54) is 0 Å². The van der Waals surface area contributed by atoms with Gasteiger partial charge < -0.3 is 75.0 Å². The quantitative estimate of drug-likeness (QED) is 0.0560. The van der Waals surface area contributed by atoms with Crippen LogP contribution in [0, 0.1) is 0 Å². The highest BCUT2D eigenvalue weighted by atomic mass is 35.5. The van der Waals surface area contributed by atoms with Crippen LogP contribution in [0.15, 0.2) is 170 Å². The molecule has 3 fully saturated rings. The Hall–Kier alpha value is -5.15. The maximum atomic E-state index is 7.35. The number of hydrogen-bond donors (Lipinski definition) is 4. The average molecular weight is 1260 g/mol. The lowest BCUT2D eigenvalue weighted by Gasteiger charge is -2.50. The summed E-state index contributed by atoms with van der Waals surface area (Å²) in [4.78, 5) is 0. The smallest absolute Gasteiger partial charge is 0.199 e. The summed E-state index contributed by atoms with van der Waals surface area (Å²) in [6.07, 6.45) is -12.9. The Bertz CT molecular complexity index is 3150. The molecule has 10 rings (SSSR count). The van der Waals surface area contributed by atoms with Crippen molar-refractivity contribution < 1.29 is 52.1 Å². The Balaban J connectivity index is 1.04. The van der Waals surface area contributed by atoms with Gasteiger partial charge in [0, 0.05) is 53.8 Å². The van der Waals surface area contributed by atoms with Gasteiger partial charge in [-0.3, -0.25) is 0 Å². The average Bonchev–Trinajstić information content (AvgIpc) is 3.65. The second-order valence-corrected chi connectivity index (χ2v) is 22.7. The van der Waals surface area contributed by atoms with E-state index in [-0.39, 0.29) is 19.6 Å². The lowest BCUT2D eigenvalue weighted by molar-refractivity contribution is -0.321. The van der Waals surface area contributed by atoms with Gasteiger partial charge in [-0.15, -0.1) is 0 Å². The molecule has 432 valence electrons. The first-order chi connectivity index (χ1) is 39.6. The van der Waals surface area contributed by atoms with Crippen LogP contribution in [-0.2, 0) is 18.9 Å². The van der Waals surface area contributed by atoms with Gasteiger partial charge in [-0.25, -0.2) is 0 Å². The van der Waals surface area contributed by atoms with E-state index in [0.717, 1.165) is 0 Å². The molecular weight excluding hydrogens is 1200 g/mol. The predicted molar refractivity (Wildman–Crippen MR) is 317 cm³/mol. The molecule has 82 heavy (non-hydrogen) atoms. The minimum Gasteiger partial charge on any atom is -0.491 e. The summed E-state index contributed by atoms with van der Waals surface area (Å²) in [5, 5.41) is 3.39. The molecule has 0 aromatic heterocycles. The molecule has 7 aromatic carbocycles. The number of halogens is 7. The van der Waals surface area contributed by atoms with Gasteiger partial charge in [-0.1, -0.05) is 87.3 Å². The van der Waals surface area contributed by atoms with Crippen molar-refractivity contribution in [2.75, 3.05) is 13.2 Å². The third kappa shape index (κ3) is 15.2. The molecule has 8 N–H and O–H groups in total. The van der Waals surface area contributed by atoms with E-state index >= 15 is 0 Å². The van der Waals surface area contributed by atoms with E-state index in [2.05, 4.69) is 0 Å². The summed E-state index contributed by atoms with van der Waals surface area (Å²) in [5.41, 5.74) is 28.4. The van der Waals surface area contributed by atoms with Crippen LogP contribution >= 0.6 is 81.2 Å². The Kier molecular flexibility index (Phi) is 20.3. The van der Waals surface area contributed by atoms with E-state index in [4.69, 9.17) is 156 Å². The van der Waals surface area contributed by atoms with Crippen molar-refractivity contribution in [3.8, 4) is 40.2 Å². The minimum absolute atomic E-state index is 0.0660. The molecule has 22 heteroatoms. The minimum atomic E-state index is -1.33. The molecule has 1 saturated carbocycles. The molecule has 0 radical (unpaired) electrons. The summed E-state index contributed by atoms with van der Waals surface area (Å²) in [6, 6.07) is 45.2. The number of rotatable bonds is 20. The lowest BCUT2D eigenvalue weighted by Crippen LogP contribution is -2.71. The fourth-order valence-electron chi connectivity index (χ4n) is 9.87. The van der Waals surface area contributed by atoms with Crippen LogP contribution in [0.4, 0.5) is 0 Å². The Morgan fingerprint density at radius 1 is 0.354 bits per heavy atom. The van der Waals surface area contributed by atoms with Gasteiger partial charge in [0.25, 0.3) is 0 Å². The molecule has 3 aliphatic rings. The van der Waals surface area contributed by atoms with Crippen LogP contribution in [0.2, 0.25) is 35.2 Å². The van der Waals surface area contributed by atoms with Gasteiger partial charge in [-0.2, -0.15) is 0 Å². The van der Waals surface area contributed by atoms with Crippen LogP contribution in [0.3, 0.4) is 0 Å². The van der Waals surface area contributed by atoms with Gasteiger partial charge in [0.2, 0.25) is 0 Å². The normalized spacial score (nSPS) is 28.1. The molecule has 15 nitrogen and oxygen atoms in total. The predicted octanol–water partition coefficient (Wildman–Crippen LogP) is 11.9. The monoisotopic (exact) mass is 1250 g/mol. The Morgan fingerprint density at radius 2 is 0.707 bits per heavy atom. The zero-order valence-corrected chi connectivity index (χ0v) is 48.7. The van der Waals surface area contributed by atoms with Gasteiger partial charge >= 0.3 is 0 Å². The first-order valence-electron chi connectivity index (χ1n) is 26.1. The molecule has 0 bridgehead atoms. The largest absolute Gasteiger partial charge is 0.491 e. The van der Waals surface area contributed by atoms with Crippen LogP contribution in [0.25, 0.3) is 0 Å². The molecule has 2 heterocycles. The van der Waals surface area contributed by atoms with E-state index in [1.807, 2.05) is 0 Å². The summed E-state index contributed by atoms with van der Waals surface area (Å²) in [5.74, 6) is 2.96. The highest BCUT2D eigenvalue weighted by molar-refractivity contribution is 6.32. The summed E-state index contributed by atoms with van der Waals surface area (Å²) in [7, 11) is 0. The van der Waals surface area contributed by atoms with Crippen LogP contribution in [0.5, 0.6) is 40.2 Å². The zero-order valence-electron chi connectivity index (χ0n) is 43.4. The van der Waals surface area contributed by atoms with E-state index in [9.17, 15) is 0 Å². The van der Waals surface area contributed by atoms with Gasteiger partial charge in [0.05, 0.1) is 6.04 Å². The van der Waals surface area contributed by atoms with Crippen LogP contribution < -0.4 is 56.1 Å². The third-order valence-corrected chi connectivity index (χ3v) is 15.6. The van der Waals surface area contributed by atoms with E-state index in [0.29, 0.717) is 75.4 Å². The highest BCUT2D eigenvalue weighted by Crippen LogP contribution is 2.39. The first-order valence-corrected chi connectivity index (χ1v) is 28.8. The molecule has 2 aliphatic heterocycles. The molecule has 2 saturated heterocycles. The van der Waals surface area contributed by atoms with Crippen molar-refractivity contribution in [3.05, 3.63) is 205 Å². The topological polar surface area (TPSA) is 206 Å². The van der Waals surface area contributed by atoms with Crippen molar-refractivity contribution >= 4 is 81.2 Å². The second kappa shape index (κ2) is 27.7. The summed E-state index contributed by atoms with van der Waals surface area (Å²) in [6.45, 7) is -0.145. The van der Waals surface area contributed by atoms with Gasteiger partial charge in [-0.05, 0) is 170 Å². The second-order valence-electron chi connectivity index (χ2n) is 19.7. The lowest BCUT2D eigenvalue weighted by atomic mass is 9.83. The molecule has 7 aromatic rings. The fraction of sp³-hybridized carbons (Fsp3) is 0.300. The Morgan fingerprint density at radius 3 is 1.13 bits per heavy atom. The molecular formula is C60H57Cl7N4O11. The zero-order chi connectivity index (χ0) is 57.4. The fourth-order valence-corrected chi connectivity index (χ4v) is 10.8. The maximum Gasteiger partial charge on any atom is 0.199 e. The summed E-state index contributed by atoms with van der Waals surface area (Å²) >= 11 is 44.6. The van der Waals surface area contributed by atoms with Crippen LogP contribution in [0.1, 0.15) is 6.42 Å². The number of hydrogen-bond acceptors (Lipinski definition) is 15. The molecule has 0 spiro atoms. The SMILES string of the molecule is NC[C@@H]1O[C@@H](O[C@H]2[C@H](Oc3ccc(Cl)cc3)[C@@H](O[C@H]3O[C@H](COc4ccc(Cl)cc4)[C@@H](Oc4cccc(Cl)c4)[C@H](N)[C@H]3Oc3ccc(Cl)cc3)[C@H](N)C[C@@H]2N)[C@@H](Oc2ccc(Cl)cc2)[C@H](Oc2ccc(Cl)cc2)[C@H]1Oc1ccc(Cl)cc1. The van der Waals surface area contributed by atoms with Crippen molar-refractivity contribution in [1.82, 2.24) is 0 Å². The van der Waals surface area contributed by atoms with E-state index < -0.39 is 91.7 Å². The Labute approximate surface area is 509 Å². The van der Waals surface area contributed by atoms with Crippen molar-refractivity contribution in [2.45, 2.75) is 98.2 Å². The van der Waals surface area contributed by atoms with Crippen molar-refractivity contribution in [2.24, 2.45) is 22.9 Å². The van der Waals surface area contributed by atoms with Gasteiger partial charge in [0.15, 0.2) is 43.1 Å². The molecule has 15 atom stereocenters. The van der Waals surface area contributed by atoms with E-state index in [1.54, 1.807) is 170 Å². The maximum absolute atomic E-state index is 7.35. The number of nitrogens with two attached hydrogens (primary N) is 4. The van der Waals surface area contributed by atoms with Crippen molar-refractivity contribution in [1.29, 1.82) is 0 Å². The number of benzene rings is 7. The molecule has 0 amide bonds.